The highest BCUT2D eigenvalue weighted by atomic mass is 16.5. The Balaban J connectivity index is 5.00. The van der Waals surface area contributed by atoms with Crippen molar-refractivity contribution in [3.63, 3.8) is 0 Å². The SMILES string of the molecule is CNCCCCC(NCC(=O)C(CCCCN)NC)C(=O)C(C)(C)NCCC(C)(C)OCCOC. The van der Waals surface area contributed by atoms with Gasteiger partial charge in [-0.1, -0.05) is 12.8 Å². The van der Waals surface area contributed by atoms with Gasteiger partial charge in [0.15, 0.2) is 11.6 Å². The lowest BCUT2D eigenvalue weighted by Gasteiger charge is -2.32. The van der Waals surface area contributed by atoms with Gasteiger partial charge in [0.25, 0.3) is 0 Å². The van der Waals surface area contributed by atoms with Crippen molar-refractivity contribution in [2.24, 2.45) is 5.73 Å². The van der Waals surface area contributed by atoms with Crippen LogP contribution in [0.15, 0.2) is 0 Å². The van der Waals surface area contributed by atoms with Crippen LogP contribution >= 0.6 is 0 Å². The molecule has 208 valence electrons. The van der Waals surface area contributed by atoms with Gasteiger partial charge in [-0.15, -0.1) is 0 Å². The van der Waals surface area contributed by atoms with Crippen LogP contribution in [-0.2, 0) is 19.1 Å². The number of hydrogen-bond acceptors (Lipinski definition) is 9. The summed E-state index contributed by atoms with van der Waals surface area (Å²) in [4.78, 5) is 26.3. The minimum absolute atomic E-state index is 0.0806. The Hall–Kier alpha value is -0.940. The molecule has 0 aromatic heterocycles. The first kappa shape index (κ1) is 34.1. The van der Waals surface area contributed by atoms with Gasteiger partial charge in [-0.05, 0) is 93.5 Å². The highest BCUT2D eigenvalue weighted by Crippen LogP contribution is 2.16. The first-order valence-electron chi connectivity index (χ1n) is 13.2. The fourth-order valence-electron chi connectivity index (χ4n) is 3.95. The van der Waals surface area contributed by atoms with E-state index in [2.05, 4.69) is 21.3 Å². The summed E-state index contributed by atoms with van der Waals surface area (Å²) in [6.07, 6.45) is 5.91. The number of likely N-dealkylation sites (N-methyl/N-ethyl adjacent to an activating group) is 1. The highest BCUT2D eigenvalue weighted by Gasteiger charge is 2.34. The van der Waals surface area contributed by atoms with Gasteiger partial charge in [0.1, 0.15) is 0 Å². The Kier molecular flexibility index (Phi) is 18.7. The lowest BCUT2D eigenvalue weighted by Crippen LogP contribution is -2.56. The third-order valence-electron chi connectivity index (χ3n) is 6.38. The van der Waals surface area contributed by atoms with E-state index in [0.717, 1.165) is 45.1 Å². The lowest BCUT2D eigenvalue weighted by molar-refractivity contribution is -0.127. The van der Waals surface area contributed by atoms with E-state index in [1.54, 1.807) is 14.2 Å². The Labute approximate surface area is 214 Å². The Morgan fingerprint density at radius 3 is 2.17 bits per heavy atom. The maximum absolute atomic E-state index is 13.5. The standard InChI is InChI=1S/C26H55N5O4/c1-25(2,35-19-18-34-7)14-17-31-26(3,4)24(33)22(13-9-11-16-28-5)30-20-23(32)21(29-6)12-8-10-15-27/h21-22,28-31H,8-20,27H2,1-7H3. The molecular formula is C26H55N5O4. The van der Waals surface area contributed by atoms with E-state index in [9.17, 15) is 9.59 Å². The van der Waals surface area contributed by atoms with E-state index in [0.29, 0.717) is 32.7 Å². The van der Waals surface area contributed by atoms with E-state index < -0.39 is 5.54 Å². The first-order valence-corrected chi connectivity index (χ1v) is 13.2. The normalized spacial score (nSPS) is 14.2. The van der Waals surface area contributed by atoms with Crippen LogP contribution in [0.25, 0.3) is 0 Å². The molecule has 0 saturated carbocycles. The van der Waals surface area contributed by atoms with E-state index in [1.807, 2.05) is 34.7 Å². The zero-order chi connectivity index (χ0) is 26.7. The number of carbonyl (C=O) groups excluding carboxylic acids is 2. The monoisotopic (exact) mass is 501 g/mol. The summed E-state index contributed by atoms with van der Waals surface area (Å²) in [6.45, 7) is 11.4. The third kappa shape index (κ3) is 15.7. The number of Topliss-reactive ketones (excluding diaryl/α,β-unsaturated/α-hetero) is 2. The molecule has 0 rings (SSSR count). The molecule has 0 aliphatic rings. The minimum Gasteiger partial charge on any atom is -0.382 e. The summed E-state index contributed by atoms with van der Waals surface area (Å²) in [6, 6.07) is -0.605. The largest absolute Gasteiger partial charge is 0.382 e. The van der Waals surface area contributed by atoms with Crippen LogP contribution < -0.4 is 27.0 Å². The van der Waals surface area contributed by atoms with Crippen LogP contribution in [0.2, 0.25) is 0 Å². The van der Waals surface area contributed by atoms with Crippen molar-refractivity contribution in [2.45, 2.75) is 95.9 Å². The molecule has 2 atom stereocenters. The molecule has 0 radical (unpaired) electrons. The van der Waals surface area contributed by atoms with Gasteiger partial charge >= 0.3 is 0 Å². The number of unbranched alkanes of at least 4 members (excludes halogenated alkanes) is 2. The molecular weight excluding hydrogens is 446 g/mol. The van der Waals surface area contributed by atoms with Crippen LogP contribution in [0.4, 0.5) is 0 Å². The molecule has 0 fully saturated rings. The van der Waals surface area contributed by atoms with Crippen molar-refractivity contribution >= 4 is 11.6 Å². The quantitative estimate of drug-likeness (QED) is 0.125. The highest BCUT2D eigenvalue weighted by molar-refractivity contribution is 5.93. The molecule has 0 amide bonds. The first-order chi connectivity index (χ1) is 16.5. The Morgan fingerprint density at radius 2 is 1.57 bits per heavy atom. The number of ether oxygens (including phenoxy) is 2. The van der Waals surface area contributed by atoms with Crippen LogP contribution in [-0.4, -0.2) is 95.4 Å². The Morgan fingerprint density at radius 1 is 0.914 bits per heavy atom. The summed E-state index contributed by atoms with van der Waals surface area (Å²) in [5, 5.41) is 13.0. The number of hydrogen-bond donors (Lipinski definition) is 5. The Bertz CT molecular complexity index is 572. The molecule has 0 aliphatic carbocycles. The average Bonchev–Trinajstić information content (AvgIpc) is 2.80. The number of carbonyl (C=O) groups is 2. The van der Waals surface area contributed by atoms with Gasteiger partial charge in [-0.25, -0.2) is 0 Å². The predicted molar refractivity (Wildman–Crippen MR) is 144 cm³/mol. The number of nitrogens with one attached hydrogen (secondary N) is 4. The molecule has 2 unspecified atom stereocenters. The second-order valence-corrected chi connectivity index (χ2v) is 10.4. The fraction of sp³-hybridized carbons (Fsp3) is 0.923. The van der Waals surface area contributed by atoms with Crippen molar-refractivity contribution in [2.75, 3.05) is 60.6 Å². The number of ketones is 2. The average molecular weight is 502 g/mol. The van der Waals surface area contributed by atoms with Crippen LogP contribution in [0.5, 0.6) is 0 Å². The number of rotatable bonds is 24. The van der Waals surface area contributed by atoms with Crippen LogP contribution in [0.1, 0.15) is 72.6 Å². The van der Waals surface area contributed by atoms with Crippen molar-refractivity contribution in [3.8, 4) is 0 Å². The predicted octanol–water partition coefficient (Wildman–Crippen LogP) is 1.39. The van der Waals surface area contributed by atoms with Crippen molar-refractivity contribution in [3.05, 3.63) is 0 Å². The zero-order valence-electron chi connectivity index (χ0n) is 23.6. The molecule has 0 aromatic rings. The molecule has 0 bridgehead atoms. The van der Waals surface area contributed by atoms with Gasteiger partial charge in [-0.2, -0.15) is 0 Å². The van der Waals surface area contributed by atoms with Gasteiger partial charge in [-0.3, -0.25) is 9.59 Å². The summed E-state index contributed by atoms with van der Waals surface area (Å²) in [5.74, 6) is 0.162. The summed E-state index contributed by atoms with van der Waals surface area (Å²) in [7, 11) is 5.39. The van der Waals surface area contributed by atoms with E-state index >= 15 is 0 Å². The topological polar surface area (TPSA) is 127 Å². The molecule has 0 spiro atoms. The molecule has 0 aliphatic heterocycles. The van der Waals surface area contributed by atoms with Gasteiger partial charge in [0, 0.05) is 7.11 Å². The molecule has 0 heterocycles. The van der Waals surface area contributed by atoms with E-state index in [-0.39, 0.29) is 35.8 Å². The number of nitrogens with two attached hydrogens (primary N) is 1. The van der Waals surface area contributed by atoms with E-state index in [1.165, 1.54) is 0 Å². The van der Waals surface area contributed by atoms with Crippen molar-refractivity contribution in [1.82, 2.24) is 21.3 Å². The second kappa shape index (κ2) is 19.2. The maximum Gasteiger partial charge on any atom is 0.169 e. The van der Waals surface area contributed by atoms with Crippen molar-refractivity contribution < 1.29 is 19.1 Å². The second-order valence-electron chi connectivity index (χ2n) is 10.4. The van der Waals surface area contributed by atoms with Gasteiger partial charge in [0.2, 0.25) is 0 Å². The van der Waals surface area contributed by atoms with Gasteiger partial charge in [0.05, 0.1) is 43.0 Å². The maximum atomic E-state index is 13.5. The molecule has 35 heavy (non-hydrogen) atoms. The summed E-state index contributed by atoms with van der Waals surface area (Å²) in [5.41, 5.74) is 4.54. The smallest absolute Gasteiger partial charge is 0.169 e. The summed E-state index contributed by atoms with van der Waals surface area (Å²) < 4.78 is 10.9. The molecule has 0 aromatic carbocycles. The van der Waals surface area contributed by atoms with Crippen LogP contribution in [0.3, 0.4) is 0 Å². The molecule has 9 heteroatoms. The third-order valence-corrected chi connectivity index (χ3v) is 6.38. The van der Waals surface area contributed by atoms with Crippen LogP contribution in [0, 0.1) is 0 Å². The molecule has 6 N–H and O–H groups in total. The molecule has 0 saturated heterocycles. The van der Waals surface area contributed by atoms with Crippen molar-refractivity contribution in [1.29, 1.82) is 0 Å². The zero-order valence-corrected chi connectivity index (χ0v) is 23.6. The minimum atomic E-state index is -0.726. The lowest BCUT2D eigenvalue weighted by atomic mass is 9.89. The number of methoxy groups -OCH3 is 1. The van der Waals surface area contributed by atoms with E-state index in [4.69, 9.17) is 15.2 Å². The van der Waals surface area contributed by atoms with Gasteiger partial charge < -0.3 is 36.5 Å². The molecule has 9 nitrogen and oxygen atoms in total. The fourth-order valence-corrected chi connectivity index (χ4v) is 3.95. The summed E-state index contributed by atoms with van der Waals surface area (Å²) >= 11 is 0.